The van der Waals surface area contributed by atoms with Gasteiger partial charge in [-0.25, -0.2) is 4.98 Å². The number of carbonyl (C=O) groups excluding carboxylic acids is 2. The Bertz CT molecular complexity index is 749. The molecule has 0 unspecified atom stereocenters. The molecule has 8 heteroatoms. The van der Waals surface area contributed by atoms with E-state index in [9.17, 15) is 22.8 Å². The van der Waals surface area contributed by atoms with Crippen LogP contribution >= 0.6 is 0 Å². The molecule has 1 amide bonds. The van der Waals surface area contributed by atoms with Crippen LogP contribution in [-0.4, -0.2) is 29.5 Å². The second kappa shape index (κ2) is 8.98. The summed E-state index contributed by atoms with van der Waals surface area (Å²) in [6.45, 7) is -1.33. The summed E-state index contributed by atoms with van der Waals surface area (Å²) in [4.78, 5) is 27.4. The number of carbonyl (C=O) groups is 2. The number of rotatable bonds is 8. The molecule has 0 atom stereocenters. The average molecular weight is 366 g/mol. The zero-order valence-corrected chi connectivity index (χ0v) is 13.8. The molecule has 1 aromatic heterocycles. The lowest BCUT2D eigenvalue weighted by molar-refractivity contribution is -0.154. The van der Waals surface area contributed by atoms with Gasteiger partial charge in [-0.3, -0.25) is 9.59 Å². The standard InChI is InChI=1S/C18H17F3N2O3/c19-18(20,21)12-26-17-10-13(8-9-22-17)11-23-16(25)7-6-15(24)14-4-2-1-3-5-14/h1-5,8-10H,6-7,11-12H2,(H,23,25). The van der Waals surface area contributed by atoms with E-state index in [0.29, 0.717) is 11.1 Å². The van der Waals surface area contributed by atoms with E-state index in [1.54, 1.807) is 36.4 Å². The lowest BCUT2D eigenvalue weighted by Gasteiger charge is -2.10. The molecule has 1 aromatic carbocycles. The molecule has 2 rings (SSSR count). The van der Waals surface area contributed by atoms with Gasteiger partial charge in [-0.05, 0) is 11.6 Å². The van der Waals surface area contributed by atoms with Crippen molar-refractivity contribution in [3.05, 3.63) is 59.8 Å². The van der Waals surface area contributed by atoms with Crippen molar-refractivity contribution in [1.82, 2.24) is 10.3 Å². The number of alkyl halides is 3. The predicted molar refractivity (Wildman–Crippen MR) is 87.6 cm³/mol. The molecular weight excluding hydrogens is 349 g/mol. The van der Waals surface area contributed by atoms with Crippen LogP contribution in [-0.2, 0) is 11.3 Å². The van der Waals surface area contributed by atoms with E-state index in [1.165, 1.54) is 12.3 Å². The quantitative estimate of drug-likeness (QED) is 0.728. The molecule has 5 nitrogen and oxygen atoms in total. The van der Waals surface area contributed by atoms with Crippen molar-refractivity contribution in [2.75, 3.05) is 6.61 Å². The smallest absolute Gasteiger partial charge is 0.422 e. The van der Waals surface area contributed by atoms with Gasteiger partial charge in [0.2, 0.25) is 11.8 Å². The number of ether oxygens (including phenoxy) is 1. The lowest BCUT2D eigenvalue weighted by Crippen LogP contribution is -2.23. The number of hydrogen-bond acceptors (Lipinski definition) is 4. The van der Waals surface area contributed by atoms with E-state index in [0.717, 1.165) is 0 Å². The highest BCUT2D eigenvalue weighted by Gasteiger charge is 2.28. The van der Waals surface area contributed by atoms with Gasteiger partial charge in [0.1, 0.15) is 0 Å². The predicted octanol–water partition coefficient (Wildman–Crippen LogP) is 3.30. The van der Waals surface area contributed by atoms with Gasteiger partial charge in [-0.2, -0.15) is 13.2 Å². The summed E-state index contributed by atoms with van der Waals surface area (Å²) in [5.41, 5.74) is 1.08. The number of aromatic nitrogens is 1. The molecule has 0 radical (unpaired) electrons. The van der Waals surface area contributed by atoms with E-state index in [-0.39, 0.29) is 37.0 Å². The topological polar surface area (TPSA) is 68.3 Å². The number of amides is 1. The first-order valence-corrected chi connectivity index (χ1v) is 7.83. The number of halogens is 3. The summed E-state index contributed by atoms with van der Waals surface area (Å²) in [7, 11) is 0. The van der Waals surface area contributed by atoms with Crippen LogP contribution in [0.4, 0.5) is 13.2 Å². The monoisotopic (exact) mass is 366 g/mol. The van der Waals surface area contributed by atoms with Crippen LogP contribution in [0.3, 0.4) is 0 Å². The molecule has 0 aliphatic carbocycles. The van der Waals surface area contributed by atoms with Crippen LogP contribution in [0.2, 0.25) is 0 Å². The number of pyridine rings is 1. The number of nitrogens with one attached hydrogen (secondary N) is 1. The summed E-state index contributed by atoms with van der Waals surface area (Å²) in [5.74, 6) is -0.635. The molecule has 0 fully saturated rings. The van der Waals surface area contributed by atoms with Crippen LogP contribution in [0, 0.1) is 0 Å². The van der Waals surface area contributed by atoms with Gasteiger partial charge in [0.05, 0.1) is 0 Å². The zero-order valence-electron chi connectivity index (χ0n) is 13.8. The third-order valence-electron chi connectivity index (χ3n) is 3.35. The Morgan fingerprint density at radius 3 is 2.50 bits per heavy atom. The molecule has 0 bridgehead atoms. The van der Waals surface area contributed by atoms with Crippen molar-refractivity contribution < 1.29 is 27.5 Å². The zero-order chi connectivity index (χ0) is 19.0. The maximum Gasteiger partial charge on any atom is 0.422 e. The highest BCUT2D eigenvalue weighted by Crippen LogP contribution is 2.17. The fraction of sp³-hybridized carbons (Fsp3) is 0.278. The van der Waals surface area contributed by atoms with E-state index in [2.05, 4.69) is 15.0 Å². The Balaban J connectivity index is 1.77. The van der Waals surface area contributed by atoms with Crippen molar-refractivity contribution in [1.29, 1.82) is 0 Å². The number of hydrogen-bond donors (Lipinski definition) is 1. The first-order chi connectivity index (χ1) is 12.3. The van der Waals surface area contributed by atoms with Gasteiger partial charge in [0.25, 0.3) is 0 Å². The maximum atomic E-state index is 12.1. The molecule has 2 aromatic rings. The Labute approximate surface area is 148 Å². The number of benzene rings is 1. The molecule has 0 saturated heterocycles. The average Bonchev–Trinajstić information content (AvgIpc) is 2.63. The molecule has 0 saturated carbocycles. The van der Waals surface area contributed by atoms with E-state index in [4.69, 9.17) is 0 Å². The Morgan fingerprint density at radius 1 is 1.08 bits per heavy atom. The normalized spacial score (nSPS) is 11.0. The molecule has 0 aliphatic rings. The van der Waals surface area contributed by atoms with E-state index in [1.807, 2.05) is 0 Å². The molecule has 26 heavy (non-hydrogen) atoms. The highest BCUT2D eigenvalue weighted by atomic mass is 19.4. The summed E-state index contributed by atoms with van der Waals surface area (Å²) >= 11 is 0. The Kier molecular flexibility index (Phi) is 6.71. The van der Waals surface area contributed by atoms with Crippen LogP contribution in [0.5, 0.6) is 5.88 Å². The van der Waals surface area contributed by atoms with Gasteiger partial charge in [-0.1, -0.05) is 30.3 Å². The minimum atomic E-state index is -4.45. The molecule has 0 aliphatic heterocycles. The molecule has 1 heterocycles. The SMILES string of the molecule is O=C(CCC(=O)c1ccccc1)NCc1ccnc(OCC(F)(F)F)c1. The lowest BCUT2D eigenvalue weighted by atomic mass is 10.1. The summed E-state index contributed by atoms with van der Waals surface area (Å²) in [6, 6.07) is 11.5. The highest BCUT2D eigenvalue weighted by molar-refractivity contribution is 5.97. The molecule has 138 valence electrons. The van der Waals surface area contributed by atoms with Crippen LogP contribution in [0.1, 0.15) is 28.8 Å². The van der Waals surface area contributed by atoms with Crippen LogP contribution in [0.15, 0.2) is 48.7 Å². The third-order valence-corrected chi connectivity index (χ3v) is 3.35. The van der Waals surface area contributed by atoms with E-state index < -0.39 is 12.8 Å². The third kappa shape index (κ3) is 6.92. The number of nitrogens with zero attached hydrogens (tertiary/aromatic N) is 1. The van der Waals surface area contributed by atoms with E-state index >= 15 is 0 Å². The summed E-state index contributed by atoms with van der Waals surface area (Å²) in [5, 5.41) is 2.61. The second-order valence-corrected chi connectivity index (χ2v) is 5.47. The van der Waals surface area contributed by atoms with Crippen molar-refractivity contribution in [2.45, 2.75) is 25.6 Å². The fourth-order valence-corrected chi connectivity index (χ4v) is 2.08. The molecule has 1 N–H and O–H groups in total. The van der Waals surface area contributed by atoms with Gasteiger partial charge in [-0.15, -0.1) is 0 Å². The van der Waals surface area contributed by atoms with Crippen LogP contribution < -0.4 is 10.1 Å². The first-order valence-electron chi connectivity index (χ1n) is 7.83. The number of Topliss-reactive ketones (excluding diaryl/α,β-unsaturated/α-hetero) is 1. The maximum absolute atomic E-state index is 12.1. The van der Waals surface area contributed by atoms with Gasteiger partial charge in [0, 0.05) is 37.2 Å². The van der Waals surface area contributed by atoms with Gasteiger partial charge >= 0.3 is 6.18 Å². The Morgan fingerprint density at radius 2 is 1.81 bits per heavy atom. The van der Waals surface area contributed by atoms with Crippen molar-refractivity contribution in [3.8, 4) is 5.88 Å². The minimum absolute atomic E-state index is 0.0240. The van der Waals surface area contributed by atoms with Gasteiger partial charge in [0.15, 0.2) is 12.4 Å². The molecular formula is C18H17F3N2O3. The molecule has 0 spiro atoms. The largest absolute Gasteiger partial charge is 0.468 e. The first kappa shape index (κ1) is 19.4. The van der Waals surface area contributed by atoms with Crippen molar-refractivity contribution in [3.63, 3.8) is 0 Å². The second-order valence-electron chi connectivity index (χ2n) is 5.47. The minimum Gasteiger partial charge on any atom is -0.468 e. The van der Waals surface area contributed by atoms with Gasteiger partial charge < -0.3 is 10.1 Å². The summed E-state index contributed by atoms with van der Waals surface area (Å²) in [6.07, 6.45) is -3.05. The summed E-state index contributed by atoms with van der Waals surface area (Å²) < 4.78 is 40.9. The Hall–Kier alpha value is -2.90. The van der Waals surface area contributed by atoms with Crippen LogP contribution in [0.25, 0.3) is 0 Å². The fourth-order valence-electron chi connectivity index (χ4n) is 2.08. The van der Waals surface area contributed by atoms with Crippen molar-refractivity contribution >= 4 is 11.7 Å². The number of ketones is 1. The van der Waals surface area contributed by atoms with Crippen molar-refractivity contribution in [2.24, 2.45) is 0 Å².